The zero-order valence-electron chi connectivity index (χ0n) is 15.4. The molecule has 4 rings (SSSR count). The first-order valence-corrected chi connectivity index (χ1v) is 9.49. The third-order valence-electron chi connectivity index (χ3n) is 4.53. The van der Waals surface area contributed by atoms with Crippen molar-refractivity contribution in [2.75, 3.05) is 0 Å². The van der Waals surface area contributed by atoms with Crippen molar-refractivity contribution in [3.63, 3.8) is 0 Å². The zero-order chi connectivity index (χ0) is 21.6. The normalized spacial score (nSPS) is 11.9. The van der Waals surface area contributed by atoms with Gasteiger partial charge in [0.15, 0.2) is 5.65 Å². The molecule has 10 heteroatoms. The molecule has 2 aromatic carbocycles. The van der Waals surface area contributed by atoms with Crippen LogP contribution in [0.1, 0.15) is 5.82 Å². The summed E-state index contributed by atoms with van der Waals surface area (Å²) in [6.45, 7) is -0.112. The smallest absolute Gasteiger partial charge is 0.271 e. The fourth-order valence-corrected chi connectivity index (χ4v) is 3.55. The predicted octanol–water partition coefficient (Wildman–Crippen LogP) is 5.40. The molecular formula is C20H13Cl2F3N4O. The standard InChI is InChI=1S/C20H13Cl2F3N4O/c1-11-26-18-16(12-6-8-13(21)9-7-12)17(14-4-2-3-5-15(14)22)27-29(18)19(30)28(11)10-20(23,24)25/h2-9H,10H2,1H3. The van der Waals surface area contributed by atoms with Crippen molar-refractivity contribution < 1.29 is 13.2 Å². The van der Waals surface area contributed by atoms with Gasteiger partial charge in [0.05, 0.1) is 10.6 Å². The molecule has 0 saturated carbocycles. The van der Waals surface area contributed by atoms with Crippen LogP contribution in [0.4, 0.5) is 13.2 Å². The van der Waals surface area contributed by atoms with E-state index < -0.39 is 18.4 Å². The summed E-state index contributed by atoms with van der Waals surface area (Å²) in [5.41, 5.74) is 1.16. The lowest BCUT2D eigenvalue weighted by molar-refractivity contribution is -0.141. The van der Waals surface area contributed by atoms with Gasteiger partial charge >= 0.3 is 11.9 Å². The lowest BCUT2D eigenvalue weighted by Crippen LogP contribution is -2.35. The van der Waals surface area contributed by atoms with Crippen LogP contribution in [0.2, 0.25) is 10.0 Å². The lowest BCUT2D eigenvalue weighted by Gasteiger charge is -2.12. The van der Waals surface area contributed by atoms with Crippen LogP contribution in [-0.2, 0) is 6.54 Å². The number of alkyl halides is 3. The summed E-state index contributed by atoms with van der Waals surface area (Å²) < 4.78 is 40.3. The van der Waals surface area contributed by atoms with Gasteiger partial charge in [-0.1, -0.05) is 53.5 Å². The van der Waals surface area contributed by atoms with Crippen LogP contribution in [0.5, 0.6) is 0 Å². The highest BCUT2D eigenvalue weighted by Gasteiger charge is 2.31. The number of hydrogen-bond donors (Lipinski definition) is 0. The molecule has 0 amide bonds. The van der Waals surface area contributed by atoms with Crippen LogP contribution in [0.15, 0.2) is 53.3 Å². The number of hydrogen-bond acceptors (Lipinski definition) is 3. The molecule has 4 aromatic rings. The molecule has 5 nitrogen and oxygen atoms in total. The van der Waals surface area contributed by atoms with Gasteiger partial charge < -0.3 is 0 Å². The first-order valence-electron chi connectivity index (χ1n) is 8.73. The van der Waals surface area contributed by atoms with E-state index in [9.17, 15) is 18.0 Å². The molecule has 0 aliphatic carbocycles. The number of aryl methyl sites for hydroxylation is 1. The Balaban J connectivity index is 2.08. The molecule has 0 aliphatic rings. The van der Waals surface area contributed by atoms with E-state index >= 15 is 0 Å². The Bertz CT molecular complexity index is 1310. The molecule has 0 spiro atoms. The monoisotopic (exact) mass is 452 g/mol. The maximum absolute atomic E-state index is 13.0. The number of benzene rings is 2. The molecule has 0 fully saturated rings. The number of halogens is 5. The van der Waals surface area contributed by atoms with E-state index in [0.29, 0.717) is 37.0 Å². The van der Waals surface area contributed by atoms with E-state index in [-0.39, 0.29) is 11.5 Å². The average molecular weight is 453 g/mol. The third kappa shape index (κ3) is 3.68. The molecule has 0 aliphatic heterocycles. The second-order valence-corrected chi connectivity index (χ2v) is 7.43. The summed E-state index contributed by atoms with van der Waals surface area (Å²) in [6, 6.07) is 13.6. The van der Waals surface area contributed by atoms with E-state index in [2.05, 4.69) is 10.1 Å². The van der Waals surface area contributed by atoms with Gasteiger partial charge in [0.2, 0.25) is 0 Å². The van der Waals surface area contributed by atoms with Gasteiger partial charge in [-0.25, -0.2) is 9.78 Å². The Labute approximate surface area is 178 Å². The summed E-state index contributed by atoms with van der Waals surface area (Å²) in [6.07, 6.45) is -4.58. The fourth-order valence-electron chi connectivity index (χ4n) is 3.20. The van der Waals surface area contributed by atoms with Gasteiger partial charge in [-0.15, -0.1) is 0 Å². The highest BCUT2D eigenvalue weighted by Crippen LogP contribution is 2.37. The fraction of sp³-hybridized carbons (Fsp3) is 0.150. The summed E-state index contributed by atoms with van der Waals surface area (Å²) in [4.78, 5) is 17.1. The van der Waals surface area contributed by atoms with E-state index in [1.807, 2.05) is 0 Å². The SMILES string of the molecule is Cc1nc2c(-c3ccc(Cl)cc3)c(-c3ccccc3Cl)nn2c(=O)n1CC(F)(F)F. The Morgan fingerprint density at radius 1 is 1.03 bits per heavy atom. The maximum atomic E-state index is 13.0. The maximum Gasteiger partial charge on any atom is 0.406 e. The summed E-state index contributed by atoms with van der Waals surface area (Å²) in [5.74, 6) is -0.0781. The molecule has 0 radical (unpaired) electrons. The van der Waals surface area contributed by atoms with Crippen molar-refractivity contribution in [2.45, 2.75) is 19.6 Å². The first-order chi connectivity index (χ1) is 14.2. The molecule has 30 heavy (non-hydrogen) atoms. The molecule has 2 heterocycles. The molecule has 0 unspecified atom stereocenters. The molecule has 0 N–H and O–H groups in total. The van der Waals surface area contributed by atoms with E-state index in [1.165, 1.54) is 6.92 Å². The molecule has 2 aromatic heterocycles. The van der Waals surface area contributed by atoms with Gasteiger partial charge in [0, 0.05) is 10.6 Å². The Hall–Kier alpha value is -2.84. The quantitative estimate of drug-likeness (QED) is 0.417. The minimum atomic E-state index is -4.58. The topological polar surface area (TPSA) is 52.2 Å². The van der Waals surface area contributed by atoms with Crippen molar-refractivity contribution in [3.8, 4) is 22.4 Å². The van der Waals surface area contributed by atoms with Gasteiger partial charge in [0.25, 0.3) is 0 Å². The minimum Gasteiger partial charge on any atom is -0.271 e. The van der Waals surface area contributed by atoms with E-state index in [4.69, 9.17) is 23.2 Å². The highest BCUT2D eigenvalue weighted by molar-refractivity contribution is 6.33. The van der Waals surface area contributed by atoms with Gasteiger partial charge in [-0.3, -0.25) is 4.57 Å². The van der Waals surface area contributed by atoms with Crippen LogP contribution in [0.3, 0.4) is 0 Å². The Morgan fingerprint density at radius 3 is 2.33 bits per heavy atom. The second kappa shape index (κ2) is 7.45. The summed E-state index contributed by atoms with van der Waals surface area (Å²) in [5, 5.41) is 5.19. The lowest BCUT2D eigenvalue weighted by atomic mass is 10.0. The Kier molecular flexibility index (Phi) is 5.07. The Morgan fingerprint density at radius 2 is 1.70 bits per heavy atom. The molecular weight excluding hydrogens is 440 g/mol. The van der Waals surface area contributed by atoms with Crippen LogP contribution >= 0.6 is 23.2 Å². The zero-order valence-corrected chi connectivity index (χ0v) is 16.9. The van der Waals surface area contributed by atoms with Crippen molar-refractivity contribution in [1.29, 1.82) is 0 Å². The number of fused-ring (bicyclic) bond motifs is 1. The van der Waals surface area contributed by atoms with E-state index in [0.717, 1.165) is 4.52 Å². The van der Waals surface area contributed by atoms with Crippen LogP contribution < -0.4 is 5.69 Å². The first kappa shape index (κ1) is 20.4. The number of aromatic nitrogens is 4. The molecule has 0 bridgehead atoms. The second-order valence-electron chi connectivity index (χ2n) is 6.59. The van der Waals surface area contributed by atoms with E-state index in [1.54, 1.807) is 48.5 Å². The van der Waals surface area contributed by atoms with Gasteiger partial charge in [-0.05, 0) is 30.7 Å². The summed E-state index contributed by atoms with van der Waals surface area (Å²) >= 11 is 12.3. The van der Waals surface area contributed by atoms with Crippen LogP contribution in [0.25, 0.3) is 28.0 Å². The van der Waals surface area contributed by atoms with Crippen molar-refractivity contribution >= 4 is 28.8 Å². The predicted molar refractivity (Wildman–Crippen MR) is 109 cm³/mol. The van der Waals surface area contributed by atoms with Crippen molar-refractivity contribution in [2.24, 2.45) is 0 Å². The van der Waals surface area contributed by atoms with Crippen LogP contribution in [0, 0.1) is 6.92 Å². The average Bonchev–Trinajstić information content (AvgIpc) is 3.04. The van der Waals surface area contributed by atoms with Crippen molar-refractivity contribution in [3.05, 3.63) is 74.9 Å². The number of rotatable bonds is 3. The molecule has 0 saturated heterocycles. The highest BCUT2D eigenvalue weighted by atomic mass is 35.5. The molecule has 154 valence electrons. The van der Waals surface area contributed by atoms with Gasteiger partial charge in [0.1, 0.15) is 18.1 Å². The van der Waals surface area contributed by atoms with Crippen LogP contribution in [-0.4, -0.2) is 25.3 Å². The summed E-state index contributed by atoms with van der Waals surface area (Å²) in [7, 11) is 0. The largest absolute Gasteiger partial charge is 0.406 e. The van der Waals surface area contributed by atoms with Crippen molar-refractivity contribution in [1.82, 2.24) is 19.2 Å². The van der Waals surface area contributed by atoms with Gasteiger partial charge in [-0.2, -0.15) is 22.8 Å². The minimum absolute atomic E-state index is 0.0781. The third-order valence-corrected chi connectivity index (χ3v) is 5.11. The number of nitrogens with zero attached hydrogens (tertiary/aromatic N) is 4. The molecule has 0 atom stereocenters.